The molecule has 2 unspecified atom stereocenters. The number of urea groups is 1. The highest BCUT2D eigenvalue weighted by Crippen LogP contribution is 2.23. The number of hydrogen-bond donors (Lipinski definition) is 3. The van der Waals surface area contributed by atoms with Crippen molar-refractivity contribution < 1.29 is 17.9 Å². The van der Waals surface area contributed by atoms with Crippen molar-refractivity contribution in [2.75, 3.05) is 12.4 Å². The highest BCUT2D eigenvalue weighted by atomic mass is 32.2. The third-order valence-corrected chi connectivity index (χ3v) is 6.42. The number of sulfonamides is 1. The first-order valence-electron chi connectivity index (χ1n) is 9.57. The number of carbonyl (C=O) groups is 1. The average molecular weight is 419 g/mol. The average Bonchev–Trinajstić information content (AvgIpc) is 2.73. The largest absolute Gasteiger partial charge is 0.380 e. The van der Waals surface area contributed by atoms with E-state index in [-0.39, 0.29) is 23.1 Å². The summed E-state index contributed by atoms with van der Waals surface area (Å²) < 4.78 is 33.5. The van der Waals surface area contributed by atoms with Crippen molar-refractivity contribution >= 4 is 21.7 Å². The Labute approximate surface area is 171 Å². The van der Waals surface area contributed by atoms with Crippen LogP contribution in [0.5, 0.6) is 0 Å². The van der Waals surface area contributed by atoms with Gasteiger partial charge in [0, 0.05) is 37.8 Å². The molecule has 1 heterocycles. The topological polar surface area (TPSA) is 109 Å². The lowest BCUT2D eigenvalue weighted by Crippen LogP contribution is -2.45. The van der Waals surface area contributed by atoms with Crippen LogP contribution in [0.15, 0.2) is 53.7 Å². The van der Waals surface area contributed by atoms with Crippen LogP contribution in [0.4, 0.5) is 10.5 Å². The fourth-order valence-electron chi connectivity index (χ4n) is 3.36. The van der Waals surface area contributed by atoms with Gasteiger partial charge in [-0.3, -0.25) is 4.98 Å². The molecule has 2 aromatic rings. The van der Waals surface area contributed by atoms with Crippen LogP contribution in [0, 0.1) is 0 Å². The third kappa shape index (κ3) is 5.99. The predicted octanol–water partition coefficient (Wildman–Crippen LogP) is 2.64. The van der Waals surface area contributed by atoms with Gasteiger partial charge < -0.3 is 15.4 Å². The fraction of sp³-hybridized carbons (Fsp3) is 0.400. The summed E-state index contributed by atoms with van der Waals surface area (Å²) in [4.78, 5) is 16.2. The van der Waals surface area contributed by atoms with E-state index in [0.717, 1.165) is 31.2 Å². The molecule has 1 aromatic heterocycles. The molecule has 1 saturated carbocycles. The first-order chi connectivity index (χ1) is 14.0. The molecule has 3 rings (SSSR count). The molecule has 0 bridgehead atoms. The molecule has 8 nitrogen and oxygen atoms in total. The minimum Gasteiger partial charge on any atom is -0.380 e. The van der Waals surface area contributed by atoms with Crippen molar-refractivity contribution in [2.45, 2.75) is 49.3 Å². The van der Waals surface area contributed by atoms with Crippen molar-refractivity contribution in [3.05, 3.63) is 54.4 Å². The lowest BCUT2D eigenvalue weighted by molar-refractivity contribution is 0.0493. The summed E-state index contributed by atoms with van der Waals surface area (Å²) in [5, 5.41) is 5.41. The predicted molar refractivity (Wildman–Crippen MR) is 110 cm³/mol. The monoisotopic (exact) mass is 418 g/mol. The van der Waals surface area contributed by atoms with E-state index in [1.165, 1.54) is 12.1 Å². The van der Waals surface area contributed by atoms with Crippen LogP contribution in [-0.4, -0.2) is 38.7 Å². The molecule has 2 amide bonds. The van der Waals surface area contributed by atoms with Gasteiger partial charge in [-0.05, 0) is 48.7 Å². The van der Waals surface area contributed by atoms with E-state index in [4.69, 9.17) is 4.74 Å². The maximum atomic E-state index is 12.7. The molecule has 29 heavy (non-hydrogen) atoms. The maximum absolute atomic E-state index is 12.7. The van der Waals surface area contributed by atoms with E-state index in [0.29, 0.717) is 12.2 Å². The van der Waals surface area contributed by atoms with E-state index in [9.17, 15) is 13.2 Å². The number of methoxy groups -OCH3 is 1. The van der Waals surface area contributed by atoms with Gasteiger partial charge in [0.2, 0.25) is 10.0 Å². The van der Waals surface area contributed by atoms with Crippen molar-refractivity contribution in [3.8, 4) is 0 Å². The smallest absolute Gasteiger partial charge is 0.319 e. The lowest BCUT2D eigenvalue weighted by Gasteiger charge is -2.30. The number of rotatable bonds is 7. The van der Waals surface area contributed by atoms with Crippen LogP contribution >= 0.6 is 0 Å². The first-order valence-corrected chi connectivity index (χ1v) is 11.1. The summed E-state index contributed by atoms with van der Waals surface area (Å²) in [5.74, 6) is 0. The molecule has 3 N–H and O–H groups in total. The van der Waals surface area contributed by atoms with E-state index in [2.05, 4.69) is 20.3 Å². The van der Waals surface area contributed by atoms with Crippen molar-refractivity contribution in [1.82, 2.24) is 15.0 Å². The number of amides is 2. The Morgan fingerprint density at radius 3 is 2.62 bits per heavy atom. The molecule has 0 radical (unpaired) electrons. The third-order valence-electron chi connectivity index (χ3n) is 4.91. The van der Waals surface area contributed by atoms with E-state index in [1.54, 1.807) is 37.7 Å². The molecule has 1 aromatic carbocycles. The second-order valence-corrected chi connectivity index (χ2v) is 8.69. The zero-order valence-corrected chi connectivity index (χ0v) is 17.1. The second-order valence-electron chi connectivity index (χ2n) is 6.98. The van der Waals surface area contributed by atoms with Gasteiger partial charge in [0.05, 0.1) is 11.0 Å². The molecule has 0 aliphatic heterocycles. The van der Waals surface area contributed by atoms with Crippen molar-refractivity contribution in [1.29, 1.82) is 0 Å². The number of aromatic nitrogens is 1. The zero-order chi connectivity index (χ0) is 20.7. The number of nitrogens with zero attached hydrogens (tertiary/aromatic N) is 1. The van der Waals surface area contributed by atoms with Crippen LogP contribution in [-0.2, 0) is 21.3 Å². The summed E-state index contributed by atoms with van der Waals surface area (Å²) in [6.45, 7) is 0.345. The van der Waals surface area contributed by atoms with Gasteiger partial charge in [-0.1, -0.05) is 18.9 Å². The molecule has 1 aliphatic rings. The standard InChI is InChI=1S/C20H26N4O4S/c1-28-19-7-3-2-6-18(19)24-29(26,27)17-10-8-16(9-11-17)23-20(25)22-14-15-5-4-12-21-13-15/h4-5,8-13,18-19,24H,2-3,6-7,14H2,1H3,(H2,22,23,25). The Bertz CT molecular complexity index is 904. The molecule has 1 fully saturated rings. The molecule has 0 spiro atoms. The van der Waals surface area contributed by atoms with E-state index in [1.807, 2.05) is 6.07 Å². The minimum absolute atomic E-state index is 0.108. The summed E-state index contributed by atoms with van der Waals surface area (Å²) in [5.41, 5.74) is 1.38. The Morgan fingerprint density at radius 2 is 1.93 bits per heavy atom. The van der Waals surface area contributed by atoms with Crippen LogP contribution in [0.2, 0.25) is 0 Å². The van der Waals surface area contributed by atoms with Gasteiger partial charge in [0.25, 0.3) is 0 Å². The van der Waals surface area contributed by atoms with Gasteiger partial charge >= 0.3 is 6.03 Å². The van der Waals surface area contributed by atoms with Crippen LogP contribution in [0.25, 0.3) is 0 Å². The highest BCUT2D eigenvalue weighted by Gasteiger charge is 2.29. The molecule has 9 heteroatoms. The van der Waals surface area contributed by atoms with Crippen molar-refractivity contribution in [3.63, 3.8) is 0 Å². The highest BCUT2D eigenvalue weighted by molar-refractivity contribution is 7.89. The van der Waals surface area contributed by atoms with Crippen LogP contribution in [0.1, 0.15) is 31.2 Å². The fourth-order valence-corrected chi connectivity index (χ4v) is 4.66. The SMILES string of the molecule is COC1CCCCC1NS(=O)(=O)c1ccc(NC(=O)NCc2cccnc2)cc1. The zero-order valence-electron chi connectivity index (χ0n) is 16.3. The molecule has 2 atom stereocenters. The minimum atomic E-state index is -3.66. The Morgan fingerprint density at radius 1 is 1.17 bits per heavy atom. The summed E-state index contributed by atoms with van der Waals surface area (Å²) in [6, 6.07) is 9.13. The molecular weight excluding hydrogens is 392 g/mol. The number of carbonyl (C=O) groups excluding carboxylic acids is 1. The normalized spacial score (nSPS) is 19.5. The van der Waals surface area contributed by atoms with Crippen molar-refractivity contribution in [2.24, 2.45) is 0 Å². The molecule has 0 saturated heterocycles. The van der Waals surface area contributed by atoms with Gasteiger partial charge in [-0.15, -0.1) is 0 Å². The van der Waals surface area contributed by atoms with Gasteiger partial charge in [-0.25, -0.2) is 17.9 Å². The van der Waals surface area contributed by atoms with Gasteiger partial charge in [0.1, 0.15) is 0 Å². The molecule has 156 valence electrons. The van der Waals surface area contributed by atoms with Gasteiger partial charge in [-0.2, -0.15) is 0 Å². The quantitative estimate of drug-likeness (QED) is 0.640. The number of benzene rings is 1. The lowest BCUT2D eigenvalue weighted by atomic mass is 9.93. The van der Waals surface area contributed by atoms with E-state index >= 15 is 0 Å². The second kappa shape index (κ2) is 9.82. The summed E-state index contributed by atoms with van der Waals surface area (Å²) >= 11 is 0. The molecule has 1 aliphatic carbocycles. The summed E-state index contributed by atoms with van der Waals surface area (Å²) in [7, 11) is -2.05. The number of pyridine rings is 1. The first kappa shape index (κ1) is 21.2. The Kier molecular flexibility index (Phi) is 7.18. The Hall–Kier alpha value is -2.49. The van der Waals surface area contributed by atoms with Crippen LogP contribution < -0.4 is 15.4 Å². The van der Waals surface area contributed by atoms with Crippen LogP contribution in [0.3, 0.4) is 0 Å². The number of ether oxygens (including phenoxy) is 1. The van der Waals surface area contributed by atoms with Gasteiger partial charge in [0.15, 0.2) is 0 Å². The summed E-state index contributed by atoms with van der Waals surface area (Å²) in [6.07, 6.45) is 6.85. The number of anilines is 1. The number of nitrogens with one attached hydrogen (secondary N) is 3. The van der Waals surface area contributed by atoms with E-state index < -0.39 is 10.0 Å². The number of hydrogen-bond acceptors (Lipinski definition) is 5. The maximum Gasteiger partial charge on any atom is 0.319 e. The molecular formula is C20H26N4O4S. The Balaban J connectivity index is 1.56.